The van der Waals surface area contributed by atoms with E-state index in [1.807, 2.05) is 0 Å². The molecule has 0 aromatic heterocycles. The molecule has 0 bridgehead atoms. The van der Waals surface area contributed by atoms with Gasteiger partial charge in [-0.15, -0.1) is 0 Å². The first-order valence-corrected chi connectivity index (χ1v) is 8.56. The number of likely N-dealkylation sites (N-methyl/N-ethyl adjacent to an activating group) is 1. The molecule has 25 heavy (non-hydrogen) atoms. The highest BCUT2D eigenvalue weighted by Crippen LogP contribution is 2.12. The Balaban J connectivity index is 1.58. The summed E-state index contributed by atoms with van der Waals surface area (Å²) in [6, 6.07) is 6.67. The second kappa shape index (κ2) is 7.65. The fourth-order valence-corrected chi connectivity index (χ4v) is 3.11. The third-order valence-corrected chi connectivity index (χ3v) is 4.65. The SMILES string of the molecule is CN1CC(NC(=O)c2ccc(C(=O)N3CCOCC3)cc2)CCC1=O. The quantitative estimate of drug-likeness (QED) is 0.866. The van der Waals surface area contributed by atoms with Crippen molar-refractivity contribution in [3.05, 3.63) is 35.4 Å². The summed E-state index contributed by atoms with van der Waals surface area (Å²) in [5.74, 6) is -0.114. The van der Waals surface area contributed by atoms with E-state index in [0.717, 1.165) is 0 Å². The van der Waals surface area contributed by atoms with Crippen LogP contribution in [0.5, 0.6) is 0 Å². The van der Waals surface area contributed by atoms with Crippen molar-refractivity contribution < 1.29 is 19.1 Å². The third kappa shape index (κ3) is 4.17. The number of piperidine rings is 1. The standard InChI is InChI=1S/C18H23N3O4/c1-20-12-15(6-7-16(20)22)19-17(23)13-2-4-14(5-3-13)18(24)21-8-10-25-11-9-21/h2-5,15H,6-12H2,1H3,(H,19,23). The number of benzene rings is 1. The molecule has 2 fully saturated rings. The number of nitrogens with one attached hydrogen (secondary N) is 1. The zero-order valence-electron chi connectivity index (χ0n) is 14.4. The van der Waals surface area contributed by atoms with Gasteiger partial charge in [0.2, 0.25) is 5.91 Å². The number of hydrogen-bond acceptors (Lipinski definition) is 4. The van der Waals surface area contributed by atoms with Crippen molar-refractivity contribution >= 4 is 17.7 Å². The largest absolute Gasteiger partial charge is 0.378 e. The number of carbonyl (C=O) groups is 3. The van der Waals surface area contributed by atoms with E-state index in [2.05, 4.69) is 5.32 Å². The molecule has 7 heteroatoms. The minimum absolute atomic E-state index is 0.0372. The van der Waals surface area contributed by atoms with Gasteiger partial charge in [0.1, 0.15) is 0 Å². The Kier molecular flexibility index (Phi) is 5.33. The summed E-state index contributed by atoms with van der Waals surface area (Å²) in [4.78, 5) is 39.6. The van der Waals surface area contributed by atoms with Crippen molar-refractivity contribution in [2.24, 2.45) is 0 Å². The molecule has 0 aliphatic carbocycles. The van der Waals surface area contributed by atoms with Crippen LogP contribution in [0.1, 0.15) is 33.6 Å². The van der Waals surface area contributed by atoms with E-state index >= 15 is 0 Å². The molecule has 1 aromatic carbocycles. The summed E-state index contributed by atoms with van der Waals surface area (Å²) in [6.45, 7) is 2.83. The van der Waals surface area contributed by atoms with Crippen molar-refractivity contribution in [2.45, 2.75) is 18.9 Å². The second-order valence-corrected chi connectivity index (χ2v) is 6.47. The first-order valence-electron chi connectivity index (χ1n) is 8.56. The monoisotopic (exact) mass is 345 g/mol. The van der Waals surface area contributed by atoms with Crippen LogP contribution in [0.4, 0.5) is 0 Å². The predicted octanol–water partition coefficient (Wildman–Crippen LogP) is 0.510. The van der Waals surface area contributed by atoms with E-state index in [9.17, 15) is 14.4 Å². The number of ether oxygens (including phenoxy) is 1. The van der Waals surface area contributed by atoms with Crippen molar-refractivity contribution in [1.82, 2.24) is 15.1 Å². The fraction of sp³-hybridized carbons (Fsp3) is 0.500. The molecule has 3 rings (SSSR count). The van der Waals surface area contributed by atoms with Crippen molar-refractivity contribution in [3.8, 4) is 0 Å². The van der Waals surface area contributed by atoms with Crippen LogP contribution in [0.15, 0.2) is 24.3 Å². The molecule has 0 spiro atoms. The van der Waals surface area contributed by atoms with Gasteiger partial charge >= 0.3 is 0 Å². The van der Waals surface area contributed by atoms with Crippen LogP contribution in [0.2, 0.25) is 0 Å². The fourth-order valence-electron chi connectivity index (χ4n) is 3.11. The summed E-state index contributed by atoms with van der Waals surface area (Å²) in [5.41, 5.74) is 1.08. The van der Waals surface area contributed by atoms with Gasteiger partial charge in [0.15, 0.2) is 0 Å². The molecule has 2 heterocycles. The predicted molar refractivity (Wildman–Crippen MR) is 91.3 cm³/mol. The molecule has 1 unspecified atom stereocenters. The topological polar surface area (TPSA) is 79.0 Å². The first-order chi connectivity index (χ1) is 12.0. The summed E-state index contributed by atoms with van der Waals surface area (Å²) >= 11 is 0. The minimum Gasteiger partial charge on any atom is -0.378 e. The van der Waals surface area contributed by atoms with Crippen LogP contribution >= 0.6 is 0 Å². The Hall–Kier alpha value is -2.41. The highest BCUT2D eigenvalue weighted by atomic mass is 16.5. The maximum Gasteiger partial charge on any atom is 0.254 e. The van der Waals surface area contributed by atoms with Crippen LogP contribution in [-0.4, -0.2) is 73.5 Å². The second-order valence-electron chi connectivity index (χ2n) is 6.47. The Morgan fingerprint density at radius 1 is 1.12 bits per heavy atom. The van der Waals surface area contributed by atoms with E-state index < -0.39 is 0 Å². The van der Waals surface area contributed by atoms with E-state index in [-0.39, 0.29) is 23.8 Å². The first kappa shape index (κ1) is 17.4. The zero-order chi connectivity index (χ0) is 17.8. The van der Waals surface area contributed by atoms with Gasteiger partial charge in [-0.3, -0.25) is 14.4 Å². The highest BCUT2D eigenvalue weighted by molar-refractivity contribution is 5.98. The average Bonchev–Trinajstić information content (AvgIpc) is 2.65. The van der Waals surface area contributed by atoms with Gasteiger partial charge in [-0.05, 0) is 30.7 Å². The smallest absolute Gasteiger partial charge is 0.254 e. The summed E-state index contributed by atoms with van der Waals surface area (Å²) in [7, 11) is 1.74. The van der Waals surface area contributed by atoms with Crippen molar-refractivity contribution in [1.29, 1.82) is 0 Å². The Morgan fingerprint density at radius 3 is 2.40 bits per heavy atom. The van der Waals surface area contributed by atoms with Crippen LogP contribution in [0.25, 0.3) is 0 Å². The normalized spacial score (nSPS) is 21.2. The molecule has 1 atom stereocenters. The highest BCUT2D eigenvalue weighted by Gasteiger charge is 2.24. The molecule has 0 radical (unpaired) electrons. The minimum atomic E-state index is -0.182. The number of morpholine rings is 1. The van der Waals surface area contributed by atoms with Crippen LogP contribution in [0.3, 0.4) is 0 Å². The van der Waals surface area contributed by atoms with Crippen molar-refractivity contribution in [2.75, 3.05) is 39.9 Å². The molecule has 134 valence electrons. The molecule has 1 aromatic rings. The molecule has 7 nitrogen and oxygen atoms in total. The van der Waals surface area contributed by atoms with Crippen LogP contribution < -0.4 is 5.32 Å². The Labute approximate surface area is 146 Å². The molecule has 2 aliphatic rings. The van der Waals surface area contributed by atoms with E-state index in [1.54, 1.807) is 41.1 Å². The molecule has 2 saturated heterocycles. The van der Waals surface area contributed by atoms with Gasteiger partial charge in [0.25, 0.3) is 11.8 Å². The number of amides is 3. The number of carbonyl (C=O) groups excluding carboxylic acids is 3. The maximum atomic E-state index is 12.4. The molecule has 2 aliphatic heterocycles. The molecular weight excluding hydrogens is 322 g/mol. The van der Waals surface area contributed by atoms with E-state index in [0.29, 0.717) is 56.8 Å². The van der Waals surface area contributed by atoms with Gasteiger partial charge in [0.05, 0.1) is 13.2 Å². The van der Waals surface area contributed by atoms with Crippen molar-refractivity contribution in [3.63, 3.8) is 0 Å². The van der Waals surface area contributed by atoms with Crippen LogP contribution in [-0.2, 0) is 9.53 Å². The number of rotatable bonds is 3. The lowest BCUT2D eigenvalue weighted by atomic mass is 10.0. The summed E-state index contributed by atoms with van der Waals surface area (Å²) in [6.07, 6.45) is 1.11. The number of hydrogen-bond donors (Lipinski definition) is 1. The summed E-state index contributed by atoms with van der Waals surface area (Å²) < 4.78 is 5.25. The average molecular weight is 345 g/mol. The maximum absolute atomic E-state index is 12.4. The number of nitrogens with zero attached hydrogens (tertiary/aromatic N) is 2. The Morgan fingerprint density at radius 2 is 1.76 bits per heavy atom. The lowest BCUT2D eigenvalue weighted by Crippen LogP contribution is -2.48. The van der Waals surface area contributed by atoms with Gasteiger partial charge in [-0.25, -0.2) is 0 Å². The van der Waals surface area contributed by atoms with Gasteiger partial charge in [0, 0.05) is 50.3 Å². The number of likely N-dealkylation sites (tertiary alicyclic amines) is 1. The third-order valence-electron chi connectivity index (χ3n) is 4.65. The van der Waals surface area contributed by atoms with Gasteiger partial charge in [-0.2, -0.15) is 0 Å². The molecule has 1 N–H and O–H groups in total. The summed E-state index contributed by atoms with van der Waals surface area (Å²) in [5, 5.41) is 2.95. The van der Waals surface area contributed by atoms with Gasteiger partial charge in [-0.1, -0.05) is 0 Å². The molecule has 0 saturated carbocycles. The van der Waals surface area contributed by atoms with Gasteiger partial charge < -0.3 is 19.9 Å². The lowest BCUT2D eigenvalue weighted by molar-refractivity contribution is -0.132. The molecule has 3 amide bonds. The van der Waals surface area contributed by atoms with Crippen LogP contribution in [0, 0.1) is 0 Å². The van der Waals surface area contributed by atoms with E-state index in [4.69, 9.17) is 4.74 Å². The molecular formula is C18H23N3O4. The Bertz CT molecular complexity index is 653. The van der Waals surface area contributed by atoms with E-state index in [1.165, 1.54) is 0 Å². The zero-order valence-corrected chi connectivity index (χ0v) is 14.4. The lowest BCUT2D eigenvalue weighted by Gasteiger charge is -2.30.